The molecule has 3 aromatic carbocycles. The predicted octanol–water partition coefficient (Wildman–Crippen LogP) is 5.92. The molecule has 0 radical (unpaired) electrons. The second-order valence-electron chi connectivity index (χ2n) is 8.41. The zero-order valence-electron chi connectivity index (χ0n) is 20.4. The third kappa shape index (κ3) is 5.94. The molecule has 4 aromatic rings. The Morgan fingerprint density at radius 1 is 0.914 bits per heavy atom. The second-order valence-corrected chi connectivity index (χ2v) is 8.41. The molecule has 0 N–H and O–H groups in total. The van der Waals surface area contributed by atoms with Gasteiger partial charge in [0.05, 0.1) is 24.4 Å². The first-order valence-corrected chi connectivity index (χ1v) is 11.7. The molecule has 0 aliphatic carbocycles. The number of benzene rings is 3. The van der Waals surface area contributed by atoms with Crippen LogP contribution in [0.15, 0.2) is 83.7 Å². The summed E-state index contributed by atoms with van der Waals surface area (Å²) in [4.78, 5) is 13.6. The average Bonchev–Trinajstić information content (AvgIpc) is 2.88. The van der Waals surface area contributed by atoms with Crippen molar-refractivity contribution in [1.29, 1.82) is 0 Å². The van der Waals surface area contributed by atoms with Gasteiger partial charge in [0.15, 0.2) is 0 Å². The van der Waals surface area contributed by atoms with E-state index in [0.29, 0.717) is 31.1 Å². The van der Waals surface area contributed by atoms with Crippen molar-refractivity contribution >= 4 is 12.2 Å². The fourth-order valence-corrected chi connectivity index (χ4v) is 4.03. The zero-order chi connectivity index (χ0) is 24.6. The van der Waals surface area contributed by atoms with Crippen molar-refractivity contribution in [3.8, 4) is 16.9 Å². The molecule has 0 spiro atoms. The minimum absolute atomic E-state index is 0.163. The lowest BCUT2D eigenvalue weighted by Crippen LogP contribution is -2.28. The molecule has 0 unspecified atom stereocenters. The number of hydrogen-bond acceptors (Lipinski definition) is 4. The van der Waals surface area contributed by atoms with E-state index in [1.165, 1.54) is 4.68 Å². The Bertz CT molecular complexity index is 1370. The highest BCUT2D eigenvalue weighted by Crippen LogP contribution is 2.34. The highest BCUT2D eigenvalue weighted by molar-refractivity contribution is 5.84. The maximum Gasteiger partial charge on any atom is 0.274 e. The Morgan fingerprint density at radius 2 is 1.69 bits per heavy atom. The van der Waals surface area contributed by atoms with Crippen molar-refractivity contribution in [2.24, 2.45) is 0 Å². The van der Waals surface area contributed by atoms with Gasteiger partial charge in [-0.25, -0.2) is 4.68 Å². The summed E-state index contributed by atoms with van der Waals surface area (Å²) in [5, 5.41) is 4.61. The van der Waals surface area contributed by atoms with Crippen LogP contribution in [0.3, 0.4) is 0 Å². The molecule has 35 heavy (non-hydrogen) atoms. The first kappa shape index (κ1) is 24.2. The SMILES string of the molecule is COCCn1nc(C)c(-c2ccccc2OCc2ccccc2)c(/C=C/c2cccc(C)c2)c1=O. The van der Waals surface area contributed by atoms with Gasteiger partial charge in [0.25, 0.3) is 5.56 Å². The van der Waals surface area contributed by atoms with E-state index in [4.69, 9.17) is 9.47 Å². The van der Waals surface area contributed by atoms with Gasteiger partial charge in [0.1, 0.15) is 12.4 Å². The lowest BCUT2D eigenvalue weighted by molar-refractivity contribution is 0.181. The number of aryl methyl sites for hydroxylation is 2. The second kappa shape index (κ2) is 11.4. The average molecular weight is 467 g/mol. The lowest BCUT2D eigenvalue weighted by atomic mass is 9.97. The lowest BCUT2D eigenvalue weighted by Gasteiger charge is -2.17. The molecule has 0 amide bonds. The van der Waals surface area contributed by atoms with Gasteiger partial charge in [-0.2, -0.15) is 5.10 Å². The molecular weight excluding hydrogens is 436 g/mol. The Morgan fingerprint density at radius 3 is 2.46 bits per heavy atom. The smallest absolute Gasteiger partial charge is 0.274 e. The summed E-state index contributed by atoms with van der Waals surface area (Å²) in [5.41, 5.74) is 6.05. The molecule has 0 saturated carbocycles. The maximum atomic E-state index is 13.6. The molecule has 0 bridgehead atoms. The number of aromatic nitrogens is 2. The molecule has 4 rings (SSSR count). The third-order valence-corrected chi connectivity index (χ3v) is 5.75. The van der Waals surface area contributed by atoms with Crippen molar-refractivity contribution < 1.29 is 9.47 Å². The summed E-state index contributed by atoms with van der Waals surface area (Å²) in [5.74, 6) is 0.709. The van der Waals surface area contributed by atoms with Gasteiger partial charge in [0, 0.05) is 18.2 Å². The molecule has 5 heteroatoms. The van der Waals surface area contributed by atoms with Crippen LogP contribution in [0.4, 0.5) is 0 Å². The summed E-state index contributed by atoms with van der Waals surface area (Å²) >= 11 is 0. The Kier molecular flexibility index (Phi) is 7.91. The van der Waals surface area contributed by atoms with Crippen LogP contribution in [0.2, 0.25) is 0 Å². The molecule has 0 aliphatic rings. The number of hydrogen-bond donors (Lipinski definition) is 0. The largest absolute Gasteiger partial charge is 0.488 e. The summed E-state index contributed by atoms with van der Waals surface area (Å²) < 4.78 is 12.9. The van der Waals surface area contributed by atoms with E-state index < -0.39 is 0 Å². The van der Waals surface area contributed by atoms with Gasteiger partial charge in [-0.1, -0.05) is 84.4 Å². The van der Waals surface area contributed by atoms with Crippen molar-refractivity contribution in [3.63, 3.8) is 0 Å². The normalized spacial score (nSPS) is 11.2. The minimum atomic E-state index is -0.163. The predicted molar refractivity (Wildman–Crippen MR) is 141 cm³/mol. The van der Waals surface area contributed by atoms with Crippen LogP contribution in [-0.4, -0.2) is 23.5 Å². The van der Waals surface area contributed by atoms with Crippen molar-refractivity contribution in [2.45, 2.75) is 27.0 Å². The van der Waals surface area contributed by atoms with Gasteiger partial charge in [0.2, 0.25) is 0 Å². The molecule has 1 aromatic heterocycles. The van der Waals surface area contributed by atoms with E-state index >= 15 is 0 Å². The molecule has 178 valence electrons. The van der Waals surface area contributed by atoms with Gasteiger partial charge >= 0.3 is 0 Å². The Labute approximate surface area is 206 Å². The van der Waals surface area contributed by atoms with Crippen molar-refractivity contribution in [3.05, 3.63) is 117 Å². The first-order valence-electron chi connectivity index (χ1n) is 11.7. The van der Waals surface area contributed by atoms with Crippen LogP contribution in [0.25, 0.3) is 23.3 Å². The van der Waals surface area contributed by atoms with Crippen LogP contribution >= 0.6 is 0 Å². The highest BCUT2D eigenvalue weighted by Gasteiger charge is 2.18. The molecule has 0 atom stereocenters. The molecule has 5 nitrogen and oxygen atoms in total. The van der Waals surface area contributed by atoms with Crippen LogP contribution in [0, 0.1) is 13.8 Å². The van der Waals surface area contributed by atoms with E-state index in [2.05, 4.69) is 24.2 Å². The van der Waals surface area contributed by atoms with E-state index in [9.17, 15) is 4.79 Å². The topological polar surface area (TPSA) is 53.4 Å². The number of ether oxygens (including phenoxy) is 2. The number of para-hydroxylation sites is 1. The summed E-state index contributed by atoms with van der Waals surface area (Å²) in [6, 6.07) is 26.0. The quantitative estimate of drug-likeness (QED) is 0.307. The van der Waals surface area contributed by atoms with Gasteiger partial charge < -0.3 is 9.47 Å². The van der Waals surface area contributed by atoms with Crippen LogP contribution < -0.4 is 10.3 Å². The maximum absolute atomic E-state index is 13.6. The van der Waals surface area contributed by atoms with Crippen molar-refractivity contribution in [2.75, 3.05) is 13.7 Å². The minimum Gasteiger partial charge on any atom is -0.488 e. The van der Waals surface area contributed by atoms with Crippen LogP contribution in [-0.2, 0) is 17.9 Å². The Balaban J connectivity index is 1.81. The van der Waals surface area contributed by atoms with E-state index in [1.54, 1.807) is 7.11 Å². The van der Waals surface area contributed by atoms with E-state index in [0.717, 1.165) is 33.5 Å². The van der Waals surface area contributed by atoms with Crippen molar-refractivity contribution in [1.82, 2.24) is 9.78 Å². The number of methoxy groups -OCH3 is 1. The number of rotatable bonds is 9. The zero-order valence-corrected chi connectivity index (χ0v) is 20.4. The fraction of sp³-hybridized carbons (Fsp3) is 0.200. The molecule has 1 heterocycles. The molecule has 0 saturated heterocycles. The van der Waals surface area contributed by atoms with E-state index in [-0.39, 0.29) is 5.56 Å². The highest BCUT2D eigenvalue weighted by atomic mass is 16.5. The Hall–Kier alpha value is -3.96. The van der Waals surface area contributed by atoms with Gasteiger partial charge in [-0.05, 0) is 37.1 Å². The molecular formula is C30H30N2O3. The van der Waals surface area contributed by atoms with Gasteiger partial charge in [-0.3, -0.25) is 4.79 Å². The summed E-state index contributed by atoms with van der Waals surface area (Å²) in [6.45, 7) is 5.20. The first-order chi connectivity index (χ1) is 17.1. The summed E-state index contributed by atoms with van der Waals surface area (Å²) in [6.07, 6.45) is 3.86. The number of nitrogens with zero attached hydrogens (tertiary/aromatic N) is 2. The molecule has 0 fully saturated rings. The monoisotopic (exact) mass is 466 g/mol. The van der Waals surface area contributed by atoms with E-state index in [1.807, 2.05) is 85.8 Å². The van der Waals surface area contributed by atoms with Crippen LogP contribution in [0.5, 0.6) is 5.75 Å². The fourth-order valence-electron chi connectivity index (χ4n) is 4.03. The summed E-state index contributed by atoms with van der Waals surface area (Å²) in [7, 11) is 1.62. The standard InChI is InChI=1S/C30H30N2O3/c1-22-10-9-13-24(20-22)16-17-27-29(23(2)31-32(30(27)33)18-19-34-3)26-14-7-8-15-28(26)35-21-25-11-5-4-6-12-25/h4-17,20H,18-19,21H2,1-3H3/b17-16+. The molecule has 0 aliphatic heterocycles. The van der Waals surface area contributed by atoms with Gasteiger partial charge in [-0.15, -0.1) is 0 Å². The van der Waals surface area contributed by atoms with Crippen LogP contribution in [0.1, 0.15) is 27.9 Å². The third-order valence-electron chi connectivity index (χ3n) is 5.75.